The van der Waals surface area contributed by atoms with Gasteiger partial charge in [0.2, 0.25) is 0 Å². The molecule has 0 aliphatic carbocycles. The van der Waals surface area contributed by atoms with Crippen LogP contribution in [0.2, 0.25) is 0 Å². The van der Waals surface area contributed by atoms with Gasteiger partial charge in [0, 0.05) is 5.75 Å². The van der Waals surface area contributed by atoms with Crippen LogP contribution in [0.3, 0.4) is 0 Å². The standard InChI is InChI=1S/C12H12FNO2S/c13-11-6-10(8-17-11)14-12(15)16-7-9-4-2-1-3-5-9/h1-6,10H,7-8H2,(H,14,15)/t10-/m1/s1. The zero-order valence-electron chi connectivity index (χ0n) is 9.06. The van der Waals surface area contributed by atoms with Crippen molar-refractivity contribution in [3.05, 3.63) is 47.1 Å². The van der Waals surface area contributed by atoms with E-state index >= 15 is 0 Å². The molecular weight excluding hydrogens is 241 g/mol. The molecule has 0 saturated heterocycles. The van der Waals surface area contributed by atoms with Crippen molar-refractivity contribution in [1.29, 1.82) is 0 Å². The molecule has 0 bridgehead atoms. The van der Waals surface area contributed by atoms with Gasteiger partial charge in [0.25, 0.3) is 0 Å². The van der Waals surface area contributed by atoms with Crippen LogP contribution in [0, 0.1) is 0 Å². The van der Waals surface area contributed by atoms with Gasteiger partial charge in [-0.15, -0.1) is 0 Å². The molecule has 0 unspecified atom stereocenters. The second-order valence-electron chi connectivity index (χ2n) is 3.59. The molecule has 17 heavy (non-hydrogen) atoms. The number of ether oxygens (including phenoxy) is 1. The van der Waals surface area contributed by atoms with Gasteiger partial charge >= 0.3 is 6.09 Å². The van der Waals surface area contributed by atoms with Gasteiger partial charge in [0.15, 0.2) is 5.16 Å². The summed E-state index contributed by atoms with van der Waals surface area (Å²) >= 11 is 1.09. The van der Waals surface area contributed by atoms with Crippen molar-refractivity contribution in [3.63, 3.8) is 0 Å². The molecule has 90 valence electrons. The van der Waals surface area contributed by atoms with E-state index in [2.05, 4.69) is 5.32 Å². The van der Waals surface area contributed by atoms with Crippen molar-refractivity contribution in [2.75, 3.05) is 5.75 Å². The fourth-order valence-corrected chi connectivity index (χ4v) is 2.20. The minimum Gasteiger partial charge on any atom is -0.445 e. The average molecular weight is 253 g/mol. The second-order valence-corrected chi connectivity index (χ2v) is 4.61. The maximum atomic E-state index is 12.7. The summed E-state index contributed by atoms with van der Waals surface area (Å²) in [6.45, 7) is 0.221. The van der Waals surface area contributed by atoms with Crippen LogP contribution in [0.1, 0.15) is 5.56 Å². The van der Waals surface area contributed by atoms with E-state index < -0.39 is 6.09 Å². The van der Waals surface area contributed by atoms with E-state index in [0.29, 0.717) is 5.75 Å². The molecule has 0 saturated carbocycles. The first-order chi connectivity index (χ1) is 8.24. The molecular formula is C12H12FNO2S. The monoisotopic (exact) mass is 253 g/mol. The van der Waals surface area contributed by atoms with Gasteiger partial charge in [-0.2, -0.15) is 4.39 Å². The number of amides is 1. The van der Waals surface area contributed by atoms with Crippen molar-refractivity contribution >= 4 is 17.9 Å². The molecule has 1 aromatic rings. The Hall–Kier alpha value is -1.49. The lowest BCUT2D eigenvalue weighted by molar-refractivity contribution is 0.138. The first-order valence-corrected chi connectivity index (χ1v) is 6.20. The number of carbonyl (C=O) groups excluding carboxylic acids is 1. The predicted octanol–water partition coefficient (Wildman–Crippen LogP) is 2.84. The number of hydrogen-bond donors (Lipinski definition) is 1. The van der Waals surface area contributed by atoms with Crippen LogP contribution in [-0.2, 0) is 11.3 Å². The Kier molecular flexibility index (Phi) is 4.03. The Bertz CT molecular complexity index is 422. The fraction of sp³-hybridized carbons (Fsp3) is 0.250. The van der Waals surface area contributed by atoms with Crippen molar-refractivity contribution in [1.82, 2.24) is 5.32 Å². The van der Waals surface area contributed by atoms with E-state index in [4.69, 9.17) is 4.74 Å². The van der Waals surface area contributed by atoms with Gasteiger partial charge in [-0.3, -0.25) is 0 Å². The van der Waals surface area contributed by atoms with E-state index in [1.165, 1.54) is 6.08 Å². The number of carbonyl (C=O) groups is 1. The molecule has 1 N–H and O–H groups in total. The number of alkyl carbamates (subject to hydrolysis) is 1. The molecule has 1 heterocycles. The lowest BCUT2D eigenvalue weighted by Crippen LogP contribution is -2.34. The summed E-state index contributed by atoms with van der Waals surface area (Å²) in [5.41, 5.74) is 0.921. The lowest BCUT2D eigenvalue weighted by Gasteiger charge is -2.10. The molecule has 1 aliphatic heterocycles. The minimum absolute atomic E-state index is 0.221. The molecule has 1 atom stereocenters. The van der Waals surface area contributed by atoms with Crippen LogP contribution < -0.4 is 5.32 Å². The number of hydrogen-bond acceptors (Lipinski definition) is 3. The third-order valence-corrected chi connectivity index (χ3v) is 3.19. The van der Waals surface area contributed by atoms with Gasteiger partial charge in [-0.25, -0.2) is 4.79 Å². The fourth-order valence-electron chi connectivity index (χ4n) is 1.42. The summed E-state index contributed by atoms with van der Waals surface area (Å²) < 4.78 is 17.7. The van der Waals surface area contributed by atoms with Gasteiger partial charge in [0.05, 0.1) is 6.04 Å². The highest BCUT2D eigenvalue weighted by Crippen LogP contribution is 2.25. The number of nitrogens with one attached hydrogen (secondary N) is 1. The molecule has 0 aromatic heterocycles. The van der Waals surface area contributed by atoms with E-state index in [9.17, 15) is 9.18 Å². The van der Waals surface area contributed by atoms with Crippen LogP contribution in [0.5, 0.6) is 0 Å². The SMILES string of the molecule is O=C(N[C@@H]1C=C(F)SC1)OCc1ccccc1. The lowest BCUT2D eigenvalue weighted by atomic mass is 10.2. The van der Waals surface area contributed by atoms with E-state index in [-0.39, 0.29) is 17.8 Å². The van der Waals surface area contributed by atoms with Crippen molar-refractivity contribution in [3.8, 4) is 0 Å². The molecule has 3 nitrogen and oxygen atoms in total. The normalized spacial score (nSPS) is 18.6. The Labute approximate surface area is 103 Å². The van der Waals surface area contributed by atoms with Crippen molar-refractivity contribution < 1.29 is 13.9 Å². The summed E-state index contributed by atoms with van der Waals surface area (Å²) in [7, 11) is 0. The van der Waals surface area contributed by atoms with E-state index in [1.54, 1.807) is 0 Å². The molecule has 2 rings (SSSR count). The summed E-state index contributed by atoms with van der Waals surface area (Å²) in [5.74, 6) is 0.520. The summed E-state index contributed by atoms with van der Waals surface area (Å²) in [4.78, 5) is 11.4. The Morgan fingerprint density at radius 1 is 1.47 bits per heavy atom. The Morgan fingerprint density at radius 3 is 2.88 bits per heavy atom. The smallest absolute Gasteiger partial charge is 0.407 e. The summed E-state index contributed by atoms with van der Waals surface area (Å²) in [5, 5.41) is 2.33. The molecule has 0 fully saturated rings. The third-order valence-electron chi connectivity index (χ3n) is 2.25. The first kappa shape index (κ1) is 12.0. The number of benzene rings is 1. The average Bonchev–Trinajstić information content (AvgIpc) is 2.73. The van der Waals surface area contributed by atoms with Crippen LogP contribution in [-0.4, -0.2) is 17.9 Å². The number of halogens is 1. The van der Waals surface area contributed by atoms with Crippen molar-refractivity contribution in [2.45, 2.75) is 12.6 Å². The molecule has 1 aliphatic rings. The molecule has 0 radical (unpaired) electrons. The van der Waals surface area contributed by atoms with Gasteiger partial charge in [-0.05, 0) is 11.6 Å². The molecule has 0 spiro atoms. The highest BCUT2D eigenvalue weighted by molar-refractivity contribution is 8.03. The highest BCUT2D eigenvalue weighted by Gasteiger charge is 2.18. The van der Waals surface area contributed by atoms with Crippen LogP contribution in [0.25, 0.3) is 0 Å². The number of rotatable bonds is 3. The molecule has 1 amide bonds. The third kappa shape index (κ3) is 3.78. The highest BCUT2D eigenvalue weighted by atomic mass is 32.2. The van der Waals surface area contributed by atoms with Gasteiger partial charge in [-0.1, -0.05) is 42.1 Å². The predicted molar refractivity (Wildman–Crippen MR) is 65.2 cm³/mol. The van der Waals surface area contributed by atoms with E-state index in [1.807, 2.05) is 30.3 Å². The minimum atomic E-state index is -0.523. The largest absolute Gasteiger partial charge is 0.445 e. The Morgan fingerprint density at radius 2 is 2.24 bits per heavy atom. The maximum absolute atomic E-state index is 12.7. The zero-order valence-corrected chi connectivity index (χ0v) is 9.87. The topological polar surface area (TPSA) is 38.3 Å². The maximum Gasteiger partial charge on any atom is 0.407 e. The second kappa shape index (κ2) is 5.72. The Balaban J connectivity index is 1.75. The van der Waals surface area contributed by atoms with Crippen LogP contribution >= 0.6 is 11.8 Å². The van der Waals surface area contributed by atoms with Crippen LogP contribution in [0.4, 0.5) is 9.18 Å². The van der Waals surface area contributed by atoms with Gasteiger partial charge in [0.1, 0.15) is 6.61 Å². The quantitative estimate of drug-likeness (QED) is 0.900. The zero-order chi connectivity index (χ0) is 12.1. The first-order valence-electron chi connectivity index (χ1n) is 5.21. The van der Waals surface area contributed by atoms with E-state index in [0.717, 1.165) is 17.3 Å². The number of thioether (sulfide) groups is 1. The van der Waals surface area contributed by atoms with Gasteiger partial charge < -0.3 is 10.1 Å². The summed E-state index contributed by atoms with van der Waals surface area (Å²) in [6.07, 6.45) is 0.861. The van der Waals surface area contributed by atoms with Crippen molar-refractivity contribution in [2.24, 2.45) is 0 Å². The molecule has 1 aromatic carbocycles. The summed E-state index contributed by atoms with van der Waals surface area (Å²) in [6, 6.07) is 9.12. The molecule has 5 heteroatoms. The van der Waals surface area contributed by atoms with Crippen LogP contribution in [0.15, 0.2) is 41.6 Å².